The first-order valence-corrected chi connectivity index (χ1v) is 10.1. The summed E-state index contributed by atoms with van der Waals surface area (Å²) in [4.78, 5) is 13.1. The quantitative estimate of drug-likeness (QED) is 0.716. The highest BCUT2D eigenvalue weighted by Crippen LogP contribution is 2.41. The number of carbonyl (C=O) groups is 1. The minimum atomic E-state index is 0.164. The molecule has 2 nitrogen and oxygen atoms in total. The van der Waals surface area contributed by atoms with E-state index in [2.05, 4.69) is 85.7 Å². The molecule has 4 heteroatoms. The number of halogens is 2. The summed E-state index contributed by atoms with van der Waals surface area (Å²) in [5, 5.41) is 2.45. The van der Waals surface area contributed by atoms with E-state index in [-0.39, 0.29) is 23.9 Å². The first-order chi connectivity index (χ1) is 11.6. The lowest BCUT2D eigenvalue weighted by Gasteiger charge is -2.42. The summed E-state index contributed by atoms with van der Waals surface area (Å²) >= 11 is 7.02. The largest absolute Gasteiger partial charge is 0.333 e. The molecule has 0 spiro atoms. The van der Waals surface area contributed by atoms with Crippen molar-refractivity contribution >= 4 is 37.6 Å². The normalized spacial score (nSPS) is 29.5. The molecule has 2 bridgehead atoms. The van der Waals surface area contributed by atoms with Gasteiger partial charge in [0.25, 0.3) is 0 Å². The van der Waals surface area contributed by atoms with Crippen LogP contribution >= 0.6 is 31.9 Å². The molecular weight excluding hydrogens is 430 g/mol. The first kappa shape index (κ1) is 16.5. The van der Waals surface area contributed by atoms with Gasteiger partial charge in [-0.3, -0.25) is 4.79 Å². The maximum atomic E-state index is 13.1. The van der Waals surface area contributed by atoms with E-state index in [4.69, 9.17) is 0 Å². The van der Waals surface area contributed by atoms with Crippen LogP contribution in [0.3, 0.4) is 0 Å². The van der Waals surface area contributed by atoms with E-state index < -0.39 is 0 Å². The Morgan fingerprint density at radius 3 is 1.58 bits per heavy atom. The number of benzene rings is 2. The number of nitrogens with two attached hydrogens (primary N) is 1. The van der Waals surface area contributed by atoms with Crippen LogP contribution in [-0.4, -0.2) is 5.78 Å². The molecule has 0 radical (unpaired) electrons. The van der Waals surface area contributed by atoms with Gasteiger partial charge in [-0.2, -0.15) is 0 Å². The Kier molecular flexibility index (Phi) is 4.63. The van der Waals surface area contributed by atoms with Gasteiger partial charge >= 0.3 is 0 Å². The van der Waals surface area contributed by atoms with Gasteiger partial charge in [-0.15, -0.1) is 0 Å². The van der Waals surface area contributed by atoms with Gasteiger partial charge in [-0.25, -0.2) is 0 Å². The topological polar surface area (TPSA) is 33.7 Å². The lowest BCUT2D eigenvalue weighted by atomic mass is 9.67. The van der Waals surface area contributed by atoms with Gasteiger partial charge in [0.05, 0.1) is 11.8 Å². The van der Waals surface area contributed by atoms with E-state index in [1.807, 2.05) is 0 Å². The average molecular weight is 450 g/mol. The maximum Gasteiger partial charge on any atom is 0.151 e. The number of quaternary nitrogens is 1. The number of hydrogen-bond acceptors (Lipinski definition) is 1. The van der Waals surface area contributed by atoms with Gasteiger partial charge in [0.15, 0.2) is 5.78 Å². The Hall–Kier alpha value is -0.970. The second-order valence-electron chi connectivity index (χ2n) is 6.89. The van der Waals surface area contributed by atoms with Crippen molar-refractivity contribution in [2.45, 2.75) is 31.3 Å². The van der Waals surface area contributed by atoms with Gasteiger partial charge in [0.2, 0.25) is 0 Å². The smallest absolute Gasteiger partial charge is 0.151 e. The number of ketones is 1. The molecule has 4 rings (SSSR count). The van der Waals surface area contributed by atoms with Gasteiger partial charge in [-0.1, -0.05) is 62.5 Å². The molecular formula is C20H20Br2NO+. The fourth-order valence-corrected chi connectivity index (χ4v) is 4.91. The van der Waals surface area contributed by atoms with Crippen molar-refractivity contribution < 1.29 is 10.1 Å². The Balaban J connectivity index is 1.71. The number of hydrogen-bond donors (Lipinski definition) is 1. The summed E-state index contributed by atoms with van der Waals surface area (Å²) in [6.45, 7) is 0. The van der Waals surface area contributed by atoms with E-state index in [9.17, 15) is 4.79 Å². The molecule has 1 heterocycles. The molecule has 2 aliphatic rings. The number of piperidine rings is 1. The molecule has 0 amide bonds. The SMILES string of the molecule is O=C1[C@@H]2CCC[C@@H]1[C@H](c1ccc(Br)cc1)[NH2+][C@@H]2c1ccc(Br)cc1. The molecule has 2 N–H and O–H groups in total. The summed E-state index contributed by atoms with van der Waals surface area (Å²) in [5.74, 6) is 0.804. The van der Waals surface area contributed by atoms with Crippen molar-refractivity contribution in [2.75, 3.05) is 0 Å². The van der Waals surface area contributed by atoms with Crippen molar-refractivity contribution in [3.63, 3.8) is 0 Å². The Morgan fingerprint density at radius 1 is 0.750 bits per heavy atom. The predicted octanol–water partition coefficient (Wildman–Crippen LogP) is 4.56. The Morgan fingerprint density at radius 2 is 1.17 bits per heavy atom. The molecule has 2 fully saturated rings. The van der Waals surface area contributed by atoms with Crippen LogP contribution < -0.4 is 5.32 Å². The van der Waals surface area contributed by atoms with Crippen LogP contribution in [0.15, 0.2) is 57.5 Å². The predicted molar refractivity (Wildman–Crippen MR) is 102 cm³/mol. The highest BCUT2D eigenvalue weighted by molar-refractivity contribution is 9.10. The fourth-order valence-electron chi connectivity index (χ4n) is 4.38. The van der Waals surface area contributed by atoms with Crippen molar-refractivity contribution in [3.8, 4) is 0 Å². The van der Waals surface area contributed by atoms with Crippen LogP contribution in [0.4, 0.5) is 0 Å². The minimum absolute atomic E-state index is 0.164. The summed E-state index contributed by atoms with van der Waals surface area (Å²) in [7, 11) is 0. The van der Waals surface area contributed by atoms with Crippen LogP contribution in [-0.2, 0) is 4.79 Å². The first-order valence-electron chi connectivity index (χ1n) is 8.53. The highest BCUT2D eigenvalue weighted by atomic mass is 79.9. The van der Waals surface area contributed by atoms with E-state index >= 15 is 0 Å². The fraction of sp³-hybridized carbons (Fsp3) is 0.350. The van der Waals surface area contributed by atoms with Crippen molar-refractivity contribution in [1.29, 1.82) is 0 Å². The third-order valence-electron chi connectivity index (χ3n) is 5.55. The van der Waals surface area contributed by atoms with Crippen molar-refractivity contribution in [1.82, 2.24) is 0 Å². The van der Waals surface area contributed by atoms with Crippen molar-refractivity contribution in [3.05, 3.63) is 68.6 Å². The molecule has 124 valence electrons. The van der Waals surface area contributed by atoms with Gasteiger partial charge in [-0.05, 0) is 37.1 Å². The molecule has 1 aliphatic carbocycles. The Bertz CT molecular complexity index is 680. The third-order valence-corrected chi connectivity index (χ3v) is 6.61. The zero-order valence-electron chi connectivity index (χ0n) is 13.3. The van der Waals surface area contributed by atoms with Gasteiger partial charge < -0.3 is 5.32 Å². The Labute approximate surface area is 159 Å². The minimum Gasteiger partial charge on any atom is -0.333 e. The third kappa shape index (κ3) is 3.00. The van der Waals surface area contributed by atoms with Gasteiger partial charge in [0.1, 0.15) is 12.1 Å². The monoisotopic (exact) mass is 448 g/mol. The summed E-state index contributed by atoms with van der Waals surface area (Å²) in [5.41, 5.74) is 2.53. The van der Waals surface area contributed by atoms with Crippen LogP contribution in [0.1, 0.15) is 42.5 Å². The molecule has 4 atom stereocenters. The molecule has 1 saturated carbocycles. The summed E-state index contributed by atoms with van der Waals surface area (Å²) in [6.07, 6.45) is 3.22. The average Bonchev–Trinajstić information content (AvgIpc) is 2.57. The van der Waals surface area contributed by atoms with Crippen LogP contribution in [0, 0.1) is 11.8 Å². The number of carbonyl (C=O) groups excluding carboxylic acids is 1. The molecule has 24 heavy (non-hydrogen) atoms. The van der Waals surface area contributed by atoms with E-state index in [1.54, 1.807) is 0 Å². The highest BCUT2D eigenvalue weighted by Gasteiger charge is 2.49. The van der Waals surface area contributed by atoms with Crippen molar-refractivity contribution in [2.24, 2.45) is 11.8 Å². The summed E-state index contributed by atoms with van der Waals surface area (Å²) < 4.78 is 2.17. The lowest BCUT2D eigenvalue weighted by Crippen LogP contribution is -2.92. The molecule has 2 aromatic rings. The molecule has 1 aliphatic heterocycles. The maximum absolute atomic E-state index is 13.1. The van der Waals surface area contributed by atoms with Gasteiger partial charge in [0, 0.05) is 20.1 Å². The van der Waals surface area contributed by atoms with Crippen LogP contribution in [0.2, 0.25) is 0 Å². The van der Waals surface area contributed by atoms with E-state index in [0.717, 1.165) is 28.2 Å². The molecule has 1 saturated heterocycles. The number of rotatable bonds is 2. The molecule has 0 aromatic heterocycles. The van der Waals surface area contributed by atoms with Crippen LogP contribution in [0.5, 0.6) is 0 Å². The molecule has 2 aromatic carbocycles. The lowest BCUT2D eigenvalue weighted by molar-refractivity contribution is -0.750. The molecule has 0 unspecified atom stereocenters. The summed E-state index contributed by atoms with van der Waals surface area (Å²) in [6, 6.07) is 17.4. The zero-order chi connectivity index (χ0) is 16.7. The van der Waals surface area contributed by atoms with E-state index in [1.165, 1.54) is 11.1 Å². The number of fused-ring (bicyclic) bond motifs is 2. The second-order valence-corrected chi connectivity index (χ2v) is 8.72. The van der Waals surface area contributed by atoms with E-state index in [0.29, 0.717) is 5.78 Å². The zero-order valence-corrected chi connectivity index (χ0v) is 16.5. The number of Topliss-reactive ketones (excluding diaryl/α,β-unsaturated/α-hetero) is 1. The standard InChI is InChI=1S/C20H19Br2NO/c21-14-8-4-12(5-9-14)18-16-2-1-3-17(20(16)24)19(23-18)13-6-10-15(22)11-7-13/h4-11,16-19,23H,1-3H2/p+1/t16-,17-,18-,19+/m1/s1. The van der Waals surface area contributed by atoms with Crippen LogP contribution in [0.25, 0.3) is 0 Å². The second kappa shape index (κ2) is 6.74.